The third kappa shape index (κ3) is 6.38. The van der Waals surface area contributed by atoms with Gasteiger partial charge in [0.05, 0.1) is 38.9 Å². The molecule has 0 unspecified atom stereocenters. The Morgan fingerprint density at radius 2 is 1.69 bits per heavy atom. The SMILES string of the molecule is CNC(C)=O.O=C(Nc1cnc2c(c1)N(S(=O)(=O)c1cccc(Cl)c1)CCO2)c1c(Cl)cccc1Cl. The summed E-state index contributed by atoms with van der Waals surface area (Å²) in [5.74, 6) is -0.422. The highest BCUT2D eigenvalue weighted by Crippen LogP contribution is 2.36. The molecule has 9 nitrogen and oxygen atoms in total. The van der Waals surface area contributed by atoms with E-state index in [0.717, 1.165) is 0 Å². The van der Waals surface area contributed by atoms with Crippen molar-refractivity contribution in [3.63, 3.8) is 0 Å². The first kappa shape index (κ1) is 27.5. The fourth-order valence-electron chi connectivity index (χ4n) is 3.06. The number of pyridine rings is 1. The Morgan fingerprint density at radius 1 is 1.06 bits per heavy atom. The van der Waals surface area contributed by atoms with Gasteiger partial charge in [0.25, 0.3) is 15.9 Å². The molecule has 0 spiro atoms. The second-order valence-corrected chi connectivity index (χ2v) is 10.4. The number of amides is 2. The number of nitrogens with one attached hydrogen (secondary N) is 2. The van der Waals surface area contributed by atoms with E-state index in [4.69, 9.17) is 39.5 Å². The van der Waals surface area contributed by atoms with Gasteiger partial charge in [0.15, 0.2) is 0 Å². The predicted molar refractivity (Wildman–Crippen MR) is 140 cm³/mol. The van der Waals surface area contributed by atoms with Crippen LogP contribution in [-0.4, -0.2) is 45.4 Å². The lowest BCUT2D eigenvalue weighted by atomic mass is 10.2. The fraction of sp³-hybridized carbons (Fsp3) is 0.174. The van der Waals surface area contributed by atoms with Gasteiger partial charge in [-0.1, -0.05) is 46.9 Å². The second kappa shape index (κ2) is 11.8. The van der Waals surface area contributed by atoms with Crippen molar-refractivity contribution in [3.8, 4) is 5.88 Å². The summed E-state index contributed by atoms with van der Waals surface area (Å²) in [5.41, 5.74) is 0.536. The lowest BCUT2D eigenvalue weighted by Crippen LogP contribution is -2.38. The highest BCUT2D eigenvalue weighted by atomic mass is 35.5. The zero-order valence-electron chi connectivity index (χ0n) is 19.1. The Hall–Kier alpha value is -3.05. The first-order valence-electron chi connectivity index (χ1n) is 10.4. The lowest BCUT2D eigenvalue weighted by molar-refractivity contribution is -0.118. The summed E-state index contributed by atoms with van der Waals surface area (Å²) in [7, 11) is -2.34. The molecule has 3 aromatic rings. The van der Waals surface area contributed by atoms with Gasteiger partial charge in [0.1, 0.15) is 12.3 Å². The number of nitrogens with zero attached hydrogens (tertiary/aromatic N) is 2. The first-order chi connectivity index (χ1) is 17.0. The van der Waals surface area contributed by atoms with Gasteiger partial charge in [0.2, 0.25) is 11.8 Å². The number of carbonyl (C=O) groups is 2. The number of benzene rings is 2. The van der Waals surface area contributed by atoms with Crippen molar-refractivity contribution in [2.45, 2.75) is 11.8 Å². The Bertz CT molecular complexity index is 1380. The summed E-state index contributed by atoms with van der Waals surface area (Å²) in [6.07, 6.45) is 1.36. The third-order valence-corrected chi connectivity index (χ3v) is 7.49. The van der Waals surface area contributed by atoms with Crippen LogP contribution in [0.5, 0.6) is 5.88 Å². The van der Waals surface area contributed by atoms with Crippen LogP contribution in [0.3, 0.4) is 0 Å². The molecule has 2 aromatic carbocycles. The third-order valence-electron chi connectivity index (χ3n) is 4.82. The molecule has 1 aliphatic heterocycles. The first-order valence-corrected chi connectivity index (χ1v) is 13.0. The van der Waals surface area contributed by atoms with E-state index < -0.39 is 15.9 Å². The minimum Gasteiger partial charge on any atom is -0.474 e. The van der Waals surface area contributed by atoms with E-state index in [-0.39, 0.29) is 56.8 Å². The van der Waals surface area contributed by atoms with Crippen LogP contribution in [0.15, 0.2) is 59.6 Å². The van der Waals surface area contributed by atoms with Crippen LogP contribution in [0.4, 0.5) is 11.4 Å². The topological polar surface area (TPSA) is 118 Å². The minimum absolute atomic E-state index is 0.00463. The van der Waals surface area contributed by atoms with Crippen molar-refractivity contribution < 1.29 is 22.7 Å². The molecule has 0 saturated heterocycles. The fourth-order valence-corrected chi connectivity index (χ4v) is 5.37. The van der Waals surface area contributed by atoms with Gasteiger partial charge in [-0.3, -0.25) is 13.9 Å². The zero-order chi connectivity index (χ0) is 26.5. The van der Waals surface area contributed by atoms with Gasteiger partial charge in [-0.05, 0) is 36.4 Å². The zero-order valence-corrected chi connectivity index (χ0v) is 22.2. The van der Waals surface area contributed by atoms with Gasteiger partial charge < -0.3 is 15.4 Å². The van der Waals surface area contributed by atoms with Gasteiger partial charge in [-0.25, -0.2) is 13.4 Å². The molecule has 4 rings (SSSR count). The number of halogens is 3. The summed E-state index contributed by atoms with van der Waals surface area (Å²) >= 11 is 18.1. The number of carbonyl (C=O) groups excluding carboxylic acids is 2. The summed E-state index contributed by atoms with van der Waals surface area (Å²) in [6, 6.07) is 12.1. The average molecular weight is 572 g/mol. The molecular formula is C23H21Cl3N4O5S. The summed E-state index contributed by atoms with van der Waals surface area (Å²) in [4.78, 5) is 26.6. The molecule has 2 N–H and O–H groups in total. The largest absolute Gasteiger partial charge is 0.474 e. The molecule has 1 aromatic heterocycles. The van der Waals surface area contributed by atoms with E-state index in [1.807, 2.05) is 0 Å². The summed E-state index contributed by atoms with van der Waals surface area (Å²) < 4.78 is 33.1. The van der Waals surface area contributed by atoms with Crippen LogP contribution in [-0.2, 0) is 14.8 Å². The van der Waals surface area contributed by atoms with Crippen LogP contribution in [0, 0.1) is 0 Å². The van der Waals surface area contributed by atoms with Crippen molar-refractivity contribution >= 4 is 68.0 Å². The van der Waals surface area contributed by atoms with E-state index in [9.17, 15) is 18.0 Å². The molecule has 2 amide bonds. The van der Waals surface area contributed by atoms with Crippen molar-refractivity contribution in [3.05, 3.63) is 75.4 Å². The van der Waals surface area contributed by atoms with Crippen LogP contribution < -0.4 is 19.7 Å². The van der Waals surface area contributed by atoms with Crippen molar-refractivity contribution in [1.82, 2.24) is 10.3 Å². The predicted octanol–water partition coefficient (Wildman–Crippen LogP) is 4.63. The molecule has 0 fully saturated rings. The molecule has 0 bridgehead atoms. The van der Waals surface area contributed by atoms with E-state index in [1.54, 1.807) is 37.4 Å². The summed E-state index contributed by atoms with van der Waals surface area (Å²) in [5, 5.41) is 5.70. The maximum atomic E-state index is 13.2. The molecule has 2 heterocycles. The number of anilines is 2. The maximum absolute atomic E-state index is 13.2. The van der Waals surface area contributed by atoms with Gasteiger partial charge in [-0.2, -0.15) is 0 Å². The van der Waals surface area contributed by atoms with Crippen LogP contribution in [0.2, 0.25) is 15.1 Å². The number of rotatable bonds is 4. The molecule has 0 atom stereocenters. The van der Waals surface area contributed by atoms with Crippen molar-refractivity contribution in [2.75, 3.05) is 29.8 Å². The molecule has 190 valence electrons. The minimum atomic E-state index is -3.93. The average Bonchev–Trinajstić information content (AvgIpc) is 2.84. The molecular weight excluding hydrogens is 551 g/mol. The normalized spacial score (nSPS) is 12.4. The van der Waals surface area contributed by atoms with Crippen molar-refractivity contribution in [1.29, 1.82) is 0 Å². The second-order valence-electron chi connectivity index (χ2n) is 7.29. The molecule has 13 heteroatoms. The summed E-state index contributed by atoms with van der Waals surface area (Å²) in [6.45, 7) is 1.66. The molecule has 0 saturated carbocycles. The van der Waals surface area contributed by atoms with E-state index in [1.165, 1.54) is 35.6 Å². The quantitative estimate of drug-likeness (QED) is 0.471. The van der Waals surface area contributed by atoms with Gasteiger partial charge in [0, 0.05) is 19.0 Å². The maximum Gasteiger partial charge on any atom is 0.264 e. The van der Waals surface area contributed by atoms with Crippen molar-refractivity contribution in [2.24, 2.45) is 0 Å². The highest BCUT2D eigenvalue weighted by Gasteiger charge is 2.31. The van der Waals surface area contributed by atoms with E-state index >= 15 is 0 Å². The number of hydrogen-bond acceptors (Lipinski definition) is 6. The molecule has 36 heavy (non-hydrogen) atoms. The standard InChI is InChI=1S/C20H14Cl3N3O4S.C3H7NO/c21-12-3-1-4-14(9-12)31(28,29)26-7-8-30-20-17(26)10-13(11-24-20)25-19(27)18-15(22)5-2-6-16(18)23;1-3(5)4-2/h1-6,9-11H,7-8H2,(H,25,27);1-2H3,(H,4,5). The Kier molecular flexibility index (Phi) is 9.02. The van der Waals surface area contributed by atoms with Crippen LogP contribution in [0.25, 0.3) is 0 Å². The number of aromatic nitrogens is 1. The van der Waals surface area contributed by atoms with Gasteiger partial charge in [-0.15, -0.1) is 0 Å². The van der Waals surface area contributed by atoms with Gasteiger partial charge >= 0.3 is 0 Å². The number of ether oxygens (including phenoxy) is 1. The Morgan fingerprint density at radius 3 is 2.31 bits per heavy atom. The molecule has 0 radical (unpaired) electrons. The monoisotopic (exact) mass is 570 g/mol. The number of sulfonamides is 1. The van der Waals surface area contributed by atoms with E-state index in [2.05, 4.69) is 15.6 Å². The van der Waals surface area contributed by atoms with Crippen LogP contribution in [0.1, 0.15) is 17.3 Å². The smallest absolute Gasteiger partial charge is 0.264 e. The number of fused-ring (bicyclic) bond motifs is 1. The number of hydrogen-bond donors (Lipinski definition) is 2. The van der Waals surface area contributed by atoms with Crippen LogP contribution >= 0.6 is 34.8 Å². The Balaban J connectivity index is 0.000000658. The lowest BCUT2D eigenvalue weighted by Gasteiger charge is -2.30. The Labute approximate surface area is 223 Å². The molecule has 0 aliphatic carbocycles. The van der Waals surface area contributed by atoms with E-state index in [0.29, 0.717) is 5.02 Å². The highest BCUT2D eigenvalue weighted by molar-refractivity contribution is 7.92. The molecule has 1 aliphatic rings.